The molecule has 0 spiro atoms. The third-order valence-corrected chi connectivity index (χ3v) is 4.28. The normalized spacial score (nSPS) is 10.5. The van der Waals surface area contributed by atoms with Crippen molar-refractivity contribution in [1.82, 2.24) is 5.32 Å². The zero-order valence-electron chi connectivity index (χ0n) is 10.8. The average molecular weight is 408 g/mol. The third-order valence-electron chi connectivity index (χ3n) is 2.87. The summed E-state index contributed by atoms with van der Waals surface area (Å²) in [6.45, 7) is 0.461. The summed E-state index contributed by atoms with van der Waals surface area (Å²) in [6, 6.07) is 10.5. The van der Waals surface area contributed by atoms with E-state index in [4.69, 9.17) is 34.8 Å². The Hall–Kier alpha value is -0.740. The lowest BCUT2D eigenvalue weighted by atomic mass is 10.1. The molecule has 0 aliphatic carbocycles. The molecule has 1 N–H and O–H groups in total. The van der Waals surface area contributed by atoms with Crippen molar-refractivity contribution in [3.8, 4) is 0 Å². The number of carbonyl (C=O) groups is 1. The maximum atomic E-state index is 12.1. The smallest absolute Gasteiger partial charge is 0.252 e. The lowest BCUT2D eigenvalue weighted by Gasteiger charge is -2.08. The van der Waals surface area contributed by atoms with Crippen LogP contribution in [0.25, 0.3) is 0 Å². The lowest BCUT2D eigenvalue weighted by Crippen LogP contribution is -2.26. The van der Waals surface area contributed by atoms with Crippen molar-refractivity contribution in [2.75, 3.05) is 6.54 Å². The van der Waals surface area contributed by atoms with Crippen LogP contribution in [0.1, 0.15) is 15.9 Å². The molecule has 0 saturated carbocycles. The Kier molecular flexibility index (Phi) is 5.94. The molecular formula is C15H11BrCl3NO. The minimum absolute atomic E-state index is 0.216. The molecule has 2 aromatic carbocycles. The molecule has 0 heterocycles. The summed E-state index contributed by atoms with van der Waals surface area (Å²) in [5.74, 6) is -0.216. The quantitative estimate of drug-likeness (QED) is 0.724. The molecule has 1 amide bonds. The van der Waals surface area contributed by atoms with Crippen molar-refractivity contribution in [2.24, 2.45) is 0 Å². The van der Waals surface area contributed by atoms with E-state index in [1.807, 2.05) is 6.07 Å². The highest BCUT2D eigenvalue weighted by Crippen LogP contribution is 2.22. The largest absolute Gasteiger partial charge is 0.352 e. The first-order valence-corrected chi connectivity index (χ1v) is 8.07. The summed E-state index contributed by atoms with van der Waals surface area (Å²) in [5, 5.41) is 4.42. The number of carbonyl (C=O) groups excluding carboxylic acids is 1. The zero-order chi connectivity index (χ0) is 15.4. The summed E-state index contributed by atoms with van der Waals surface area (Å²) in [7, 11) is 0. The fourth-order valence-corrected chi connectivity index (χ4v) is 2.87. The van der Waals surface area contributed by atoms with Gasteiger partial charge in [-0.05, 0) is 42.3 Å². The molecule has 0 fully saturated rings. The van der Waals surface area contributed by atoms with Crippen LogP contribution < -0.4 is 5.32 Å². The molecule has 0 aliphatic heterocycles. The van der Waals surface area contributed by atoms with Gasteiger partial charge in [0.1, 0.15) is 0 Å². The number of rotatable bonds is 4. The van der Waals surface area contributed by atoms with Gasteiger partial charge in [0.15, 0.2) is 0 Å². The summed E-state index contributed by atoms with van der Waals surface area (Å²) < 4.78 is 0.804. The number of halogens is 4. The number of hydrogen-bond donors (Lipinski definition) is 1. The summed E-state index contributed by atoms with van der Waals surface area (Å²) >= 11 is 21.3. The molecule has 0 unspecified atom stereocenters. The highest BCUT2D eigenvalue weighted by molar-refractivity contribution is 9.10. The van der Waals surface area contributed by atoms with Crippen molar-refractivity contribution in [1.29, 1.82) is 0 Å². The van der Waals surface area contributed by atoms with E-state index in [1.54, 1.807) is 30.3 Å². The second-order valence-corrected chi connectivity index (χ2v) is 6.53. The molecule has 0 radical (unpaired) electrons. The molecule has 0 aromatic heterocycles. The van der Waals surface area contributed by atoms with Gasteiger partial charge in [0.2, 0.25) is 0 Å². The van der Waals surface area contributed by atoms with Crippen molar-refractivity contribution in [3.05, 3.63) is 67.1 Å². The van der Waals surface area contributed by atoms with E-state index in [9.17, 15) is 4.79 Å². The topological polar surface area (TPSA) is 29.1 Å². The Labute approximate surface area is 146 Å². The Morgan fingerprint density at radius 3 is 2.52 bits per heavy atom. The lowest BCUT2D eigenvalue weighted by molar-refractivity contribution is 0.0954. The van der Waals surface area contributed by atoms with E-state index in [-0.39, 0.29) is 5.91 Å². The SMILES string of the molecule is O=C(NCCc1ccc(Cl)cc1Cl)c1cc(Br)ccc1Cl. The monoisotopic (exact) mass is 405 g/mol. The van der Waals surface area contributed by atoms with Gasteiger partial charge < -0.3 is 5.32 Å². The van der Waals surface area contributed by atoms with E-state index in [0.29, 0.717) is 33.6 Å². The average Bonchev–Trinajstić information content (AvgIpc) is 2.43. The van der Waals surface area contributed by atoms with E-state index in [1.165, 1.54) is 0 Å². The van der Waals surface area contributed by atoms with Crippen molar-refractivity contribution in [2.45, 2.75) is 6.42 Å². The van der Waals surface area contributed by atoms with Gasteiger partial charge in [-0.15, -0.1) is 0 Å². The van der Waals surface area contributed by atoms with Crippen LogP contribution in [0.2, 0.25) is 15.1 Å². The van der Waals surface area contributed by atoms with Crippen LogP contribution in [-0.2, 0) is 6.42 Å². The highest BCUT2D eigenvalue weighted by atomic mass is 79.9. The van der Waals surface area contributed by atoms with E-state index >= 15 is 0 Å². The first kappa shape index (κ1) is 16.6. The summed E-state index contributed by atoms with van der Waals surface area (Å²) in [4.78, 5) is 12.1. The van der Waals surface area contributed by atoms with E-state index < -0.39 is 0 Å². The van der Waals surface area contributed by atoms with Crippen LogP contribution in [-0.4, -0.2) is 12.5 Å². The number of benzene rings is 2. The predicted molar refractivity (Wildman–Crippen MR) is 91.7 cm³/mol. The van der Waals surface area contributed by atoms with Crippen LogP contribution in [0.5, 0.6) is 0 Å². The van der Waals surface area contributed by atoms with Gasteiger partial charge >= 0.3 is 0 Å². The molecule has 2 aromatic rings. The molecule has 2 rings (SSSR count). The molecular weight excluding hydrogens is 396 g/mol. The van der Waals surface area contributed by atoms with Crippen LogP contribution in [0.15, 0.2) is 40.9 Å². The maximum absolute atomic E-state index is 12.1. The molecule has 0 bridgehead atoms. The van der Waals surface area contributed by atoms with Crippen LogP contribution in [0.4, 0.5) is 0 Å². The summed E-state index contributed by atoms with van der Waals surface area (Å²) in [5.41, 5.74) is 1.37. The number of nitrogens with one attached hydrogen (secondary N) is 1. The van der Waals surface area contributed by atoms with Gasteiger partial charge in [0.25, 0.3) is 5.91 Å². The van der Waals surface area contributed by atoms with Crippen molar-refractivity contribution >= 4 is 56.6 Å². The van der Waals surface area contributed by atoms with E-state index in [2.05, 4.69) is 21.2 Å². The van der Waals surface area contributed by atoms with Crippen molar-refractivity contribution < 1.29 is 4.79 Å². The second kappa shape index (κ2) is 7.50. The number of amides is 1. The molecule has 2 nitrogen and oxygen atoms in total. The molecule has 0 aliphatic rings. The van der Waals surface area contributed by atoms with Crippen LogP contribution in [0, 0.1) is 0 Å². The van der Waals surface area contributed by atoms with Gasteiger partial charge in [0.05, 0.1) is 10.6 Å². The molecule has 6 heteroatoms. The molecule has 0 atom stereocenters. The minimum Gasteiger partial charge on any atom is -0.352 e. The molecule has 0 saturated heterocycles. The van der Waals surface area contributed by atoms with Gasteiger partial charge in [0, 0.05) is 21.1 Å². The molecule has 110 valence electrons. The maximum Gasteiger partial charge on any atom is 0.252 e. The van der Waals surface area contributed by atoms with Crippen LogP contribution >= 0.6 is 50.7 Å². The standard InChI is InChI=1S/C15H11BrCl3NO/c16-10-2-4-13(18)12(7-10)15(21)20-6-5-9-1-3-11(17)8-14(9)19/h1-4,7-8H,5-6H2,(H,20,21). The minimum atomic E-state index is -0.216. The molecule has 21 heavy (non-hydrogen) atoms. The first-order valence-electron chi connectivity index (χ1n) is 6.14. The highest BCUT2D eigenvalue weighted by Gasteiger charge is 2.10. The second-order valence-electron chi connectivity index (χ2n) is 4.37. The van der Waals surface area contributed by atoms with Gasteiger partial charge in [-0.1, -0.05) is 56.8 Å². The first-order chi connectivity index (χ1) is 9.97. The zero-order valence-corrected chi connectivity index (χ0v) is 14.7. The van der Waals surface area contributed by atoms with Gasteiger partial charge in [-0.25, -0.2) is 0 Å². The van der Waals surface area contributed by atoms with Crippen molar-refractivity contribution in [3.63, 3.8) is 0 Å². The number of hydrogen-bond acceptors (Lipinski definition) is 1. The van der Waals surface area contributed by atoms with E-state index in [0.717, 1.165) is 10.0 Å². The summed E-state index contributed by atoms with van der Waals surface area (Å²) in [6.07, 6.45) is 0.618. The Balaban J connectivity index is 1.97. The Bertz CT molecular complexity index is 676. The Morgan fingerprint density at radius 1 is 1.05 bits per heavy atom. The predicted octanol–water partition coefficient (Wildman–Crippen LogP) is 5.38. The van der Waals surface area contributed by atoms with Gasteiger partial charge in [-0.2, -0.15) is 0 Å². The van der Waals surface area contributed by atoms with Crippen LogP contribution in [0.3, 0.4) is 0 Å². The van der Waals surface area contributed by atoms with Gasteiger partial charge in [-0.3, -0.25) is 4.79 Å². The Morgan fingerprint density at radius 2 is 1.81 bits per heavy atom. The fourth-order valence-electron chi connectivity index (χ4n) is 1.80. The fraction of sp³-hybridized carbons (Fsp3) is 0.133. The third kappa shape index (κ3) is 4.62.